The fourth-order valence-electron chi connectivity index (χ4n) is 2.80. The molecule has 2 rings (SSSR count). The lowest BCUT2D eigenvalue weighted by Gasteiger charge is -2.27. The van der Waals surface area contributed by atoms with Crippen LogP contribution in [0.2, 0.25) is 0 Å². The van der Waals surface area contributed by atoms with Crippen molar-refractivity contribution in [1.29, 1.82) is 0 Å². The van der Waals surface area contributed by atoms with E-state index >= 15 is 0 Å². The molecule has 0 radical (unpaired) electrons. The van der Waals surface area contributed by atoms with Crippen LogP contribution in [0.1, 0.15) is 32.1 Å². The molecule has 1 aromatic carbocycles. The number of halogens is 1. The quantitative estimate of drug-likeness (QED) is 0.868. The minimum Gasteiger partial charge on any atom is -0.480 e. The second-order valence-electron chi connectivity index (χ2n) is 5.16. The van der Waals surface area contributed by atoms with E-state index in [-0.39, 0.29) is 10.8 Å². The van der Waals surface area contributed by atoms with Gasteiger partial charge in [-0.25, -0.2) is 12.8 Å². The fraction of sp³-hybridized carbons (Fsp3) is 0.500. The summed E-state index contributed by atoms with van der Waals surface area (Å²) >= 11 is 0. The zero-order chi connectivity index (χ0) is 14.8. The highest BCUT2D eigenvalue weighted by molar-refractivity contribution is 7.92. The van der Waals surface area contributed by atoms with Crippen molar-refractivity contribution in [2.45, 2.75) is 42.2 Å². The maximum Gasteiger partial charge on any atom is 0.322 e. The molecular formula is C14H17FO4S. The van der Waals surface area contributed by atoms with Crippen molar-refractivity contribution in [3.8, 4) is 0 Å². The van der Waals surface area contributed by atoms with Crippen LogP contribution >= 0.6 is 0 Å². The van der Waals surface area contributed by atoms with E-state index in [1.54, 1.807) is 0 Å². The average molecular weight is 300 g/mol. The molecular weight excluding hydrogens is 283 g/mol. The Morgan fingerprint density at radius 2 is 1.70 bits per heavy atom. The van der Waals surface area contributed by atoms with Crippen LogP contribution in [0.15, 0.2) is 29.2 Å². The number of hydrogen-bond donors (Lipinski definition) is 1. The molecule has 1 aliphatic carbocycles. The molecule has 0 aromatic heterocycles. The van der Waals surface area contributed by atoms with E-state index in [4.69, 9.17) is 0 Å². The number of rotatable bonds is 4. The third kappa shape index (κ3) is 3.00. The predicted molar refractivity (Wildman–Crippen MR) is 71.6 cm³/mol. The highest BCUT2D eigenvalue weighted by atomic mass is 32.2. The molecule has 0 amide bonds. The van der Waals surface area contributed by atoms with Gasteiger partial charge in [0.15, 0.2) is 15.1 Å². The van der Waals surface area contributed by atoms with Gasteiger partial charge < -0.3 is 5.11 Å². The van der Waals surface area contributed by atoms with Gasteiger partial charge in [0.2, 0.25) is 0 Å². The summed E-state index contributed by atoms with van der Waals surface area (Å²) in [6, 6.07) is 4.33. The van der Waals surface area contributed by atoms with Crippen molar-refractivity contribution in [2.24, 2.45) is 5.92 Å². The maximum absolute atomic E-state index is 12.9. The summed E-state index contributed by atoms with van der Waals surface area (Å²) in [7, 11) is -3.98. The molecule has 1 unspecified atom stereocenters. The summed E-state index contributed by atoms with van der Waals surface area (Å²) < 4.78 is 37.8. The molecule has 4 nitrogen and oxygen atoms in total. The van der Waals surface area contributed by atoms with Gasteiger partial charge in [-0.15, -0.1) is 0 Å². The Hall–Kier alpha value is -1.43. The summed E-state index contributed by atoms with van der Waals surface area (Å²) in [5.41, 5.74) is 0. The van der Waals surface area contributed by atoms with E-state index in [9.17, 15) is 22.7 Å². The summed E-state index contributed by atoms with van der Waals surface area (Å²) in [6.07, 6.45) is 3.94. The highest BCUT2D eigenvalue weighted by Gasteiger charge is 2.40. The number of aliphatic carboxylic acids is 1. The van der Waals surface area contributed by atoms with Crippen LogP contribution in [0.4, 0.5) is 4.39 Å². The molecule has 110 valence electrons. The molecule has 0 aliphatic heterocycles. The number of benzene rings is 1. The first kappa shape index (κ1) is 15.0. The standard InChI is InChI=1S/C14H17FO4S/c15-11-6-8-12(9-7-11)20(18,19)13(14(16)17)10-4-2-1-3-5-10/h6-10,13H,1-5H2,(H,16,17). The van der Waals surface area contributed by atoms with Crippen LogP contribution in [-0.4, -0.2) is 24.7 Å². The number of sulfone groups is 1. The Bertz CT molecular complexity index is 574. The average Bonchev–Trinajstić information content (AvgIpc) is 2.39. The van der Waals surface area contributed by atoms with Crippen LogP contribution in [0, 0.1) is 11.7 Å². The van der Waals surface area contributed by atoms with Crippen molar-refractivity contribution < 1.29 is 22.7 Å². The minimum atomic E-state index is -3.98. The second-order valence-corrected chi connectivity index (χ2v) is 7.23. The maximum atomic E-state index is 12.9. The number of carboxylic acid groups (broad SMARTS) is 1. The Morgan fingerprint density at radius 1 is 1.15 bits per heavy atom. The lowest BCUT2D eigenvalue weighted by Crippen LogP contribution is -2.38. The Morgan fingerprint density at radius 3 is 2.20 bits per heavy atom. The fourth-order valence-corrected chi connectivity index (χ4v) is 4.65. The van der Waals surface area contributed by atoms with E-state index in [2.05, 4.69) is 0 Å². The van der Waals surface area contributed by atoms with Crippen LogP contribution in [0.3, 0.4) is 0 Å². The number of carboxylic acids is 1. The molecule has 0 bridgehead atoms. The topological polar surface area (TPSA) is 71.4 Å². The van der Waals surface area contributed by atoms with Crippen LogP contribution in [0.25, 0.3) is 0 Å². The van der Waals surface area contributed by atoms with Crippen molar-refractivity contribution >= 4 is 15.8 Å². The third-order valence-corrected chi connectivity index (χ3v) is 5.98. The molecule has 1 atom stereocenters. The van der Waals surface area contributed by atoms with Gasteiger partial charge in [-0.3, -0.25) is 4.79 Å². The highest BCUT2D eigenvalue weighted by Crippen LogP contribution is 2.32. The second kappa shape index (κ2) is 5.91. The summed E-state index contributed by atoms with van der Waals surface area (Å²) in [4.78, 5) is 11.3. The number of carbonyl (C=O) groups is 1. The predicted octanol–water partition coefficient (Wildman–Crippen LogP) is 2.63. The molecule has 1 aliphatic rings. The van der Waals surface area contributed by atoms with Gasteiger partial charge in [-0.1, -0.05) is 19.3 Å². The normalized spacial score (nSPS) is 18.6. The SMILES string of the molecule is O=C(O)C(C1CCCCC1)S(=O)(=O)c1ccc(F)cc1. The molecule has 0 heterocycles. The first-order valence-corrected chi connectivity index (χ1v) is 8.20. The summed E-state index contributed by atoms with van der Waals surface area (Å²) in [5, 5.41) is 7.89. The molecule has 1 saturated carbocycles. The van der Waals surface area contributed by atoms with Crippen LogP contribution in [0.5, 0.6) is 0 Å². The lowest BCUT2D eigenvalue weighted by molar-refractivity contribution is -0.137. The molecule has 6 heteroatoms. The first-order chi connectivity index (χ1) is 9.43. The van der Waals surface area contributed by atoms with Crippen LogP contribution in [-0.2, 0) is 14.6 Å². The number of hydrogen-bond acceptors (Lipinski definition) is 3. The van der Waals surface area contributed by atoms with Crippen molar-refractivity contribution in [2.75, 3.05) is 0 Å². The zero-order valence-electron chi connectivity index (χ0n) is 11.0. The van der Waals surface area contributed by atoms with Crippen molar-refractivity contribution in [3.63, 3.8) is 0 Å². The van der Waals surface area contributed by atoms with E-state index < -0.39 is 26.9 Å². The van der Waals surface area contributed by atoms with Gasteiger partial charge in [0.1, 0.15) is 5.82 Å². The smallest absolute Gasteiger partial charge is 0.322 e. The van der Waals surface area contributed by atoms with Crippen LogP contribution < -0.4 is 0 Å². The molecule has 1 aromatic rings. The van der Waals surface area contributed by atoms with Gasteiger partial charge in [0, 0.05) is 0 Å². The minimum absolute atomic E-state index is 0.128. The largest absolute Gasteiger partial charge is 0.480 e. The molecule has 1 fully saturated rings. The Balaban J connectivity index is 2.36. The zero-order valence-corrected chi connectivity index (χ0v) is 11.8. The van der Waals surface area contributed by atoms with E-state index in [0.717, 1.165) is 43.5 Å². The third-order valence-electron chi connectivity index (χ3n) is 3.80. The molecule has 20 heavy (non-hydrogen) atoms. The monoisotopic (exact) mass is 300 g/mol. The molecule has 1 N–H and O–H groups in total. The van der Waals surface area contributed by atoms with Gasteiger partial charge >= 0.3 is 5.97 Å². The van der Waals surface area contributed by atoms with E-state index in [1.165, 1.54) is 0 Å². The lowest BCUT2D eigenvalue weighted by atomic mass is 9.87. The van der Waals surface area contributed by atoms with E-state index in [0.29, 0.717) is 12.8 Å². The summed E-state index contributed by atoms with van der Waals surface area (Å²) in [6.45, 7) is 0. The molecule has 0 spiro atoms. The van der Waals surface area contributed by atoms with Crippen molar-refractivity contribution in [3.05, 3.63) is 30.1 Å². The van der Waals surface area contributed by atoms with Gasteiger partial charge in [0.05, 0.1) is 4.90 Å². The first-order valence-electron chi connectivity index (χ1n) is 6.65. The van der Waals surface area contributed by atoms with Gasteiger partial charge in [-0.2, -0.15) is 0 Å². The Kier molecular flexibility index (Phi) is 4.42. The van der Waals surface area contributed by atoms with Crippen molar-refractivity contribution in [1.82, 2.24) is 0 Å². The van der Waals surface area contributed by atoms with Gasteiger partial charge in [-0.05, 0) is 43.0 Å². The molecule has 0 saturated heterocycles. The summed E-state index contributed by atoms with van der Waals surface area (Å²) in [5.74, 6) is -2.23. The van der Waals surface area contributed by atoms with E-state index in [1.807, 2.05) is 0 Å². The Labute approximate surface area is 117 Å². The van der Waals surface area contributed by atoms with Gasteiger partial charge in [0.25, 0.3) is 0 Å².